The van der Waals surface area contributed by atoms with Crippen LogP contribution in [0.5, 0.6) is 5.75 Å². The third-order valence-corrected chi connectivity index (χ3v) is 4.12. The first kappa shape index (κ1) is 19.7. The van der Waals surface area contributed by atoms with E-state index in [2.05, 4.69) is 5.32 Å². The van der Waals surface area contributed by atoms with Gasteiger partial charge in [0.25, 0.3) is 5.91 Å². The first-order valence-corrected chi connectivity index (χ1v) is 8.76. The Morgan fingerprint density at radius 2 is 1.96 bits per heavy atom. The molecule has 0 aromatic heterocycles. The molecular formula is C19H21ClN2O4. The van der Waals surface area contributed by atoms with Crippen molar-refractivity contribution in [2.45, 2.75) is 38.8 Å². The minimum Gasteiger partial charge on any atom is -0.474 e. The Morgan fingerprint density at radius 3 is 2.58 bits per heavy atom. The van der Waals surface area contributed by atoms with Gasteiger partial charge in [0.05, 0.1) is 11.0 Å². The largest absolute Gasteiger partial charge is 0.474 e. The Hall–Kier alpha value is -2.60. The van der Waals surface area contributed by atoms with Gasteiger partial charge in [0.1, 0.15) is 0 Å². The summed E-state index contributed by atoms with van der Waals surface area (Å²) in [7, 11) is 0. The van der Waals surface area contributed by atoms with Crippen molar-refractivity contribution in [3.8, 4) is 5.75 Å². The quantitative estimate of drug-likeness (QED) is 0.536. The Kier molecular flexibility index (Phi) is 6.97. The molecule has 0 radical (unpaired) electrons. The highest BCUT2D eigenvalue weighted by atomic mass is 35.5. The Balaban J connectivity index is 2.10. The van der Waals surface area contributed by atoms with Gasteiger partial charge in [-0.1, -0.05) is 55.3 Å². The van der Waals surface area contributed by atoms with Crippen molar-refractivity contribution in [3.05, 3.63) is 69.2 Å². The molecule has 0 heterocycles. The minimum absolute atomic E-state index is 0.00815. The van der Waals surface area contributed by atoms with Gasteiger partial charge >= 0.3 is 5.69 Å². The molecule has 0 aliphatic heterocycles. The van der Waals surface area contributed by atoms with Gasteiger partial charge in [-0.05, 0) is 31.0 Å². The summed E-state index contributed by atoms with van der Waals surface area (Å²) in [4.78, 5) is 23.1. The predicted molar refractivity (Wildman–Crippen MR) is 100 cm³/mol. The van der Waals surface area contributed by atoms with Crippen molar-refractivity contribution in [1.29, 1.82) is 0 Å². The average Bonchev–Trinajstić information content (AvgIpc) is 2.63. The van der Waals surface area contributed by atoms with E-state index in [1.54, 1.807) is 6.92 Å². The second kappa shape index (κ2) is 9.20. The number of nitro benzene ring substituents is 1. The first-order valence-electron chi connectivity index (χ1n) is 8.38. The summed E-state index contributed by atoms with van der Waals surface area (Å²) in [5.41, 5.74) is 0.734. The van der Waals surface area contributed by atoms with Crippen molar-refractivity contribution in [3.63, 3.8) is 0 Å². The molecule has 0 aliphatic rings. The van der Waals surface area contributed by atoms with E-state index in [1.807, 2.05) is 37.3 Å². The van der Waals surface area contributed by atoms with E-state index in [0.29, 0.717) is 0 Å². The lowest BCUT2D eigenvalue weighted by Crippen LogP contribution is -2.38. The van der Waals surface area contributed by atoms with Crippen molar-refractivity contribution < 1.29 is 14.5 Å². The fourth-order valence-corrected chi connectivity index (χ4v) is 2.73. The van der Waals surface area contributed by atoms with Gasteiger partial charge in [-0.25, -0.2) is 0 Å². The Labute approximate surface area is 157 Å². The second-order valence-electron chi connectivity index (χ2n) is 5.89. The number of amides is 1. The zero-order chi connectivity index (χ0) is 19.1. The van der Waals surface area contributed by atoms with Crippen LogP contribution >= 0.6 is 11.6 Å². The highest BCUT2D eigenvalue weighted by Gasteiger charge is 2.23. The molecule has 1 amide bonds. The lowest BCUT2D eigenvalue weighted by molar-refractivity contribution is -0.386. The second-order valence-corrected chi connectivity index (χ2v) is 6.33. The van der Waals surface area contributed by atoms with Gasteiger partial charge in [0, 0.05) is 11.1 Å². The summed E-state index contributed by atoms with van der Waals surface area (Å²) in [6.07, 6.45) is 0.791. The zero-order valence-corrected chi connectivity index (χ0v) is 15.4. The van der Waals surface area contributed by atoms with Gasteiger partial charge < -0.3 is 10.1 Å². The van der Waals surface area contributed by atoms with Crippen LogP contribution in [-0.4, -0.2) is 16.9 Å². The molecule has 138 valence electrons. The average molecular weight is 377 g/mol. The molecule has 0 aliphatic carbocycles. The fraction of sp³-hybridized carbons (Fsp3) is 0.316. The van der Waals surface area contributed by atoms with E-state index in [1.165, 1.54) is 18.2 Å². The van der Waals surface area contributed by atoms with Crippen LogP contribution in [-0.2, 0) is 4.79 Å². The third-order valence-electron chi connectivity index (χ3n) is 3.89. The smallest absolute Gasteiger partial charge is 0.312 e. The van der Waals surface area contributed by atoms with E-state index in [4.69, 9.17) is 16.3 Å². The number of ether oxygens (including phenoxy) is 1. The summed E-state index contributed by atoms with van der Waals surface area (Å²) >= 11 is 5.79. The van der Waals surface area contributed by atoms with E-state index < -0.39 is 11.0 Å². The number of carbonyl (C=O) groups excluding carboxylic acids is 1. The van der Waals surface area contributed by atoms with Crippen molar-refractivity contribution in [2.75, 3.05) is 0 Å². The number of carbonyl (C=O) groups is 1. The summed E-state index contributed by atoms with van der Waals surface area (Å²) in [6, 6.07) is 13.6. The highest BCUT2D eigenvalue weighted by molar-refractivity contribution is 6.30. The van der Waals surface area contributed by atoms with Crippen LogP contribution in [0.25, 0.3) is 0 Å². The van der Waals surface area contributed by atoms with Crippen LogP contribution in [0.4, 0.5) is 5.69 Å². The van der Waals surface area contributed by atoms with Crippen LogP contribution < -0.4 is 10.1 Å². The maximum absolute atomic E-state index is 12.5. The number of benzene rings is 2. The molecule has 2 rings (SSSR count). The van der Waals surface area contributed by atoms with Crippen LogP contribution in [0, 0.1) is 10.1 Å². The minimum atomic E-state index is -0.891. The number of halogens is 1. The molecule has 0 saturated carbocycles. The van der Waals surface area contributed by atoms with E-state index in [0.717, 1.165) is 18.4 Å². The zero-order valence-electron chi connectivity index (χ0n) is 14.6. The van der Waals surface area contributed by atoms with Gasteiger partial charge in [0.15, 0.2) is 11.9 Å². The maximum Gasteiger partial charge on any atom is 0.312 e. The first-order chi connectivity index (χ1) is 12.4. The molecule has 6 nitrogen and oxygen atoms in total. The molecule has 0 unspecified atom stereocenters. The van der Waals surface area contributed by atoms with E-state index >= 15 is 0 Å². The molecule has 2 aromatic carbocycles. The summed E-state index contributed by atoms with van der Waals surface area (Å²) in [6.45, 7) is 3.60. The SMILES string of the molecule is CCC[C@@H](NC(=O)[C@H](C)Oc1ccc(Cl)cc1[N+](=O)[O-])c1ccccc1. The number of nitrogens with zero attached hydrogens (tertiary/aromatic N) is 1. The molecule has 7 heteroatoms. The number of nitrogens with one attached hydrogen (secondary N) is 1. The summed E-state index contributed by atoms with van der Waals surface area (Å²) in [5.74, 6) is -0.328. The van der Waals surface area contributed by atoms with Crippen molar-refractivity contribution in [1.82, 2.24) is 5.32 Å². The molecule has 2 aromatic rings. The lowest BCUT2D eigenvalue weighted by Gasteiger charge is -2.21. The van der Waals surface area contributed by atoms with E-state index in [9.17, 15) is 14.9 Å². The number of nitro groups is 1. The molecule has 0 spiro atoms. The molecule has 0 fully saturated rings. The Bertz CT molecular complexity index is 767. The molecule has 0 saturated heterocycles. The molecular weight excluding hydrogens is 356 g/mol. The molecule has 26 heavy (non-hydrogen) atoms. The normalized spacial score (nSPS) is 12.9. The highest BCUT2D eigenvalue weighted by Crippen LogP contribution is 2.30. The molecule has 2 atom stereocenters. The summed E-state index contributed by atoms with van der Waals surface area (Å²) in [5, 5.41) is 14.3. The molecule has 1 N–H and O–H groups in total. The van der Waals surface area contributed by atoms with Crippen LogP contribution in [0.3, 0.4) is 0 Å². The maximum atomic E-state index is 12.5. The topological polar surface area (TPSA) is 81.5 Å². The number of hydrogen-bond acceptors (Lipinski definition) is 4. The van der Waals surface area contributed by atoms with Crippen LogP contribution in [0.15, 0.2) is 48.5 Å². The standard InChI is InChI=1S/C19H21ClN2O4/c1-3-7-16(14-8-5-4-6-9-14)21-19(23)13(2)26-18-11-10-15(20)12-17(18)22(24)25/h4-6,8-13,16H,3,7H2,1-2H3,(H,21,23)/t13-,16+/m0/s1. The van der Waals surface area contributed by atoms with E-state index in [-0.39, 0.29) is 28.4 Å². The van der Waals surface area contributed by atoms with Crippen LogP contribution in [0.1, 0.15) is 38.3 Å². The Morgan fingerprint density at radius 1 is 1.27 bits per heavy atom. The van der Waals surface area contributed by atoms with Gasteiger partial charge in [-0.15, -0.1) is 0 Å². The van der Waals surface area contributed by atoms with Crippen LogP contribution in [0.2, 0.25) is 5.02 Å². The lowest BCUT2D eigenvalue weighted by atomic mass is 10.0. The monoisotopic (exact) mass is 376 g/mol. The van der Waals surface area contributed by atoms with Gasteiger partial charge in [-0.2, -0.15) is 0 Å². The number of rotatable bonds is 8. The van der Waals surface area contributed by atoms with Gasteiger partial charge in [-0.3, -0.25) is 14.9 Å². The van der Waals surface area contributed by atoms with Crippen molar-refractivity contribution in [2.24, 2.45) is 0 Å². The summed E-state index contributed by atoms with van der Waals surface area (Å²) < 4.78 is 5.53. The van der Waals surface area contributed by atoms with Crippen molar-refractivity contribution >= 4 is 23.2 Å². The molecule has 0 bridgehead atoms. The number of hydrogen-bond donors (Lipinski definition) is 1. The van der Waals surface area contributed by atoms with Gasteiger partial charge in [0.2, 0.25) is 0 Å². The predicted octanol–water partition coefficient (Wildman–Crippen LogP) is 4.67. The fourth-order valence-electron chi connectivity index (χ4n) is 2.56. The third kappa shape index (κ3) is 5.20.